The van der Waals surface area contributed by atoms with Crippen LogP contribution < -0.4 is 11.1 Å². The molecule has 2 aromatic heterocycles. The van der Waals surface area contributed by atoms with Crippen LogP contribution in [0.25, 0.3) is 0 Å². The van der Waals surface area contributed by atoms with Gasteiger partial charge in [-0.1, -0.05) is 13.8 Å². The zero-order valence-electron chi connectivity index (χ0n) is 13.1. The first kappa shape index (κ1) is 16.2. The van der Waals surface area contributed by atoms with Crippen molar-refractivity contribution in [2.75, 3.05) is 11.9 Å². The van der Waals surface area contributed by atoms with Gasteiger partial charge in [0.1, 0.15) is 0 Å². The molecule has 118 valence electrons. The predicted octanol–water partition coefficient (Wildman–Crippen LogP) is 2.03. The molecule has 3 N–H and O–H groups in total. The molecule has 6 nitrogen and oxygen atoms in total. The summed E-state index contributed by atoms with van der Waals surface area (Å²) in [7, 11) is 0. The summed E-state index contributed by atoms with van der Waals surface area (Å²) in [5.74, 6) is -0.0385. The highest BCUT2D eigenvalue weighted by Gasteiger charge is 2.33. The van der Waals surface area contributed by atoms with Gasteiger partial charge < -0.3 is 11.1 Å². The van der Waals surface area contributed by atoms with E-state index in [1.807, 2.05) is 32.2 Å². The van der Waals surface area contributed by atoms with Crippen LogP contribution in [0.3, 0.4) is 0 Å². The van der Waals surface area contributed by atoms with Gasteiger partial charge in [0.15, 0.2) is 0 Å². The van der Waals surface area contributed by atoms with Crippen LogP contribution in [0.5, 0.6) is 0 Å². The third-order valence-corrected chi connectivity index (χ3v) is 4.21. The number of pyridine rings is 1. The molecular weight excluding hydrogens is 278 g/mol. The fourth-order valence-corrected chi connectivity index (χ4v) is 2.41. The highest BCUT2D eigenvalue weighted by molar-refractivity contribution is 5.95. The summed E-state index contributed by atoms with van der Waals surface area (Å²) in [5, 5.41) is 7.20. The van der Waals surface area contributed by atoms with Crippen molar-refractivity contribution in [1.29, 1.82) is 0 Å². The minimum atomic E-state index is -0.507. The zero-order chi connectivity index (χ0) is 16.0. The Labute approximate surface area is 130 Å². The number of carbonyl (C=O) groups is 1. The molecular formula is C16H23N5O. The minimum Gasteiger partial charge on any atom is -0.329 e. The number of hydrogen-bond donors (Lipinski definition) is 2. The summed E-state index contributed by atoms with van der Waals surface area (Å²) < 4.78 is 1.78. The van der Waals surface area contributed by atoms with Gasteiger partial charge in [0, 0.05) is 25.1 Å². The summed E-state index contributed by atoms with van der Waals surface area (Å²) in [5.41, 5.74) is 7.10. The van der Waals surface area contributed by atoms with Gasteiger partial charge in [-0.15, -0.1) is 0 Å². The Balaban J connectivity index is 2.04. The van der Waals surface area contributed by atoms with Crippen LogP contribution in [0.4, 0.5) is 5.69 Å². The second-order valence-electron chi connectivity index (χ2n) is 5.43. The molecule has 0 aliphatic heterocycles. The third kappa shape index (κ3) is 3.51. The Morgan fingerprint density at radius 3 is 2.59 bits per heavy atom. The van der Waals surface area contributed by atoms with Gasteiger partial charge in [-0.2, -0.15) is 5.10 Å². The van der Waals surface area contributed by atoms with Crippen molar-refractivity contribution in [3.8, 4) is 0 Å². The molecule has 6 heteroatoms. The van der Waals surface area contributed by atoms with Crippen LogP contribution in [0.15, 0.2) is 36.9 Å². The van der Waals surface area contributed by atoms with E-state index in [0.717, 1.165) is 18.4 Å². The number of amides is 1. The SMILES string of the molecule is CCC(CC)(CN)C(=O)Nc1cnn(Cc2ccncc2)c1. The van der Waals surface area contributed by atoms with Gasteiger partial charge in [0.2, 0.25) is 5.91 Å². The molecule has 0 aliphatic carbocycles. The topological polar surface area (TPSA) is 85.8 Å². The first-order chi connectivity index (χ1) is 10.6. The fourth-order valence-electron chi connectivity index (χ4n) is 2.41. The van der Waals surface area contributed by atoms with Crippen LogP contribution in [0.1, 0.15) is 32.3 Å². The predicted molar refractivity (Wildman–Crippen MR) is 86.3 cm³/mol. The number of aromatic nitrogens is 3. The van der Waals surface area contributed by atoms with Gasteiger partial charge in [-0.05, 0) is 30.5 Å². The van der Waals surface area contributed by atoms with E-state index < -0.39 is 5.41 Å². The molecule has 0 bridgehead atoms. The van der Waals surface area contributed by atoms with Crippen molar-refractivity contribution in [2.24, 2.45) is 11.1 Å². The summed E-state index contributed by atoms with van der Waals surface area (Å²) in [6, 6.07) is 3.88. The third-order valence-electron chi connectivity index (χ3n) is 4.21. The molecule has 0 atom stereocenters. The number of carbonyl (C=O) groups excluding carboxylic acids is 1. The molecule has 0 saturated heterocycles. The van der Waals surface area contributed by atoms with Crippen molar-refractivity contribution < 1.29 is 4.79 Å². The van der Waals surface area contributed by atoms with Crippen molar-refractivity contribution in [1.82, 2.24) is 14.8 Å². The smallest absolute Gasteiger partial charge is 0.231 e. The van der Waals surface area contributed by atoms with Crippen LogP contribution in [-0.4, -0.2) is 27.2 Å². The first-order valence-corrected chi connectivity index (χ1v) is 7.56. The molecule has 0 aromatic carbocycles. The summed E-state index contributed by atoms with van der Waals surface area (Å²) >= 11 is 0. The van der Waals surface area contributed by atoms with Crippen molar-refractivity contribution in [3.63, 3.8) is 0 Å². The maximum absolute atomic E-state index is 12.5. The highest BCUT2D eigenvalue weighted by Crippen LogP contribution is 2.26. The molecule has 0 spiro atoms. The highest BCUT2D eigenvalue weighted by atomic mass is 16.2. The second-order valence-corrected chi connectivity index (χ2v) is 5.43. The molecule has 0 radical (unpaired) electrons. The number of hydrogen-bond acceptors (Lipinski definition) is 4. The lowest BCUT2D eigenvalue weighted by molar-refractivity contribution is -0.125. The maximum atomic E-state index is 12.5. The normalized spacial score (nSPS) is 11.4. The number of nitrogens with zero attached hydrogens (tertiary/aromatic N) is 3. The Bertz CT molecular complexity index is 596. The Kier molecular flexibility index (Phi) is 5.27. The van der Waals surface area contributed by atoms with Crippen LogP contribution in [0.2, 0.25) is 0 Å². The van der Waals surface area contributed by atoms with Gasteiger partial charge in [-0.3, -0.25) is 14.5 Å². The monoisotopic (exact) mass is 301 g/mol. The molecule has 0 aliphatic rings. The molecule has 0 unspecified atom stereocenters. The summed E-state index contributed by atoms with van der Waals surface area (Å²) in [6.45, 7) is 4.96. The number of nitrogens with one attached hydrogen (secondary N) is 1. The van der Waals surface area contributed by atoms with E-state index in [2.05, 4.69) is 15.4 Å². The molecule has 0 saturated carbocycles. The quantitative estimate of drug-likeness (QED) is 0.819. The van der Waals surface area contributed by atoms with Crippen LogP contribution in [-0.2, 0) is 11.3 Å². The Morgan fingerprint density at radius 1 is 1.32 bits per heavy atom. The molecule has 2 rings (SSSR count). The Hall–Kier alpha value is -2.21. The zero-order valence-corrected chi connectivity index (χ0v) is 13.1. The lowest BCUT2D eigenvalue weighted by atomic mass is 9.81. The lowest BCUT2D eigenvalue weighted by Gasteiger charge is -2.28. The van der Waals surface area contributed by atoms with Gasteiger partial charge in [-0.25, -0.2) is 0 Å². The second kappa shape index (κ2) is 7.17. The Morgan fingerprint density at radius 2 is 2.00 bits per heavy atom. The van der Waals surface area contributed by atoms with Gasteiger partial charge in [0.25, 0.3) is 0 Å². The summed E-state index contributed by atoms with van der Waals surface area (Å²) in [6.07, 6.45) is 8.42. The van der Waals surface area contributed by atoms with Gasteiger partial charge >= 0.3 is 0 Å². The van der Waals surface area contributed by atoms with Crippen LogP contribution >= 0.6 is 0 Å². The maximum Gasteiger partial charge on any atom is 0.231 e. The van der Waals surface area contributed by atoms with Crippen molar-refractivity contribution >= 4 is 11.6 Å². The van der Waals surface area contributed by atoms with Gasteiger partial charge in [0.05, 0.1) is 23.8 Å². The average molecular weight is 301 g/mol. The standard InChI is InChI=1S/C16H23N5O/c1-3-16(4-2,12-17)15(22)20-14-9-19-21(11-14)10-13-5-7-18-8-6-13/h5-9,11H,3-4,10,12,17H2,1-2H3,(H,20,22). The van der Waals surface area contributed by atoms with E-state index in [-0.39, 0.29) is 5.91 Å². The number of nitrogens with two attached hydrogens (primary N) is 1. The van der Waals surface area contributed by atoms with Crippen molar-refractivity contribution in [2.45, 2.75) is 33.2 Å². The minimum absolute atomic E-state index is 0.0385. The molecule has 0 fully saturated rings. The molecule has 2 aromatic rings. The van der Waals surface area contributed by atoms with E-state index in [4.69, 9.17) is 5.73 Å². The van der Waals surface area contributed by atoms with Crippen LogP contribution in [0, 0.1) is 5.41 Å². The fraction of sp³-hybridized carbons (Fsp3) is 0.438. The van der Waals surface area contributed by atoms with E-state index in [0.29, 0.717) is 18.8 Å². The molecule has 22 heavy (non-hydrogen) atoms. The lowest BCUT2D eigenvalue weighted by Crippen LogP contribution is -2.41. The van der Waals surface area contributed by atoms with E-state index in [1.165, 1.54) is 0 Å². The number of anilines is 1. The largest absolute Gasteiger partial charge is 0.329 e. The van der Waals surface area contributed by atoms with E-state index >= 15 is 0 Å². The summed E-state index contributed by atoms with van der Waals surface area (Å²) in [4.78, 5) is 16.4. The van der Waals surface area contributed by atoms with E-state index in [9.17, 15) is 4.79 Å². The number of rotatable bonds is 7. The van der Waals surface area contributed by atoms with E-state index in [1.54, 1.807) is 23.3 Å². The molecule has 2 heterocycles. The molecule has 1 amide bonds. The van der Waals surface area contributed by atoms with Crippen molar-refractivity contribution in [3.05, 3.63) is 42.5 Å². The first-order valence-electron chi connectivity index (χ1n) is 7.56. The average Bonchev–Trinajstić information content (AvgIpc) is 2.97.